The van der Waals surface area contributed by atoms with E-state index in [9.17, 15) is 0 Å². The van der Waals surface area contributed by atoms with Gasteiger partial charge in [-0.2, -0.15) is 0 Å². The maximum absolute atomic E-state index is 8.59. The Balaban J connectivity index is 2.63. The molecular formula is C12H15O2. The minimum atomic E-state index is 0.0406. The van der Waals surface area contributed by atoms with Gasteiger partial charge in [0.1, 0.15) is 12.4 Å². The van der Waals surface area contributed by atoms with Crippen molar-refractivity contribution in [3.05, 3.63) is 42.8 Å². The van der Waals surface area contributed by atoms with Gasteiger partial charge in [0.15, 0.2) is 0 Å². The van der Waals surface area contributed by atoms with Gasteiger partial charge in [0, 0.05) is 0 Å². The van der Waals surface area contributed by atoms with Crippen LogP contribution in [0.2, 0.25) is 0 Å². The van der Waals surface area contributed by atoms with Crippen molar-refractivity contribution in [1.29, 1.82) is 0 Å². The quantitative estimate of drug-likeness (QED) is 0.773. The monoisotopic (exact) mass is 191 g/mol. The van der Waals surface area contributed by atoms with E-state index < -0.39 is 0 Å². The van der Waals surface area contributed by atoms with Gasteiger partial charge in [-0.3, -0.25) is 0 Å². The first-order valence-electron chi connectivity index (χ1n) is 4.66. The minimum absolute atomic E-state index is 0.0406. The Kier molecular flexibility index (Phi) is 4.79. The van der Waals surface area contributed by atoms with Crippen molar-refractivity contribution in [2.75, 3.05) is 13.2 Å². The Hall–Kier alpha value is -1.28. The van der Waals surface area contributed by atoms with Crippen molar-refractivity contribution < 1.29 is 9.84 Å². The number of ether oxygens (including phenoxy) is 1. The van der Waals surface area contributed by atoms with E-state index in [1.54, 1.807) is 0 Å². The van der Waals surface area contributed by atoms with Gasteiger partial charge in [0.25, 0.3) is 0 Å². The van der Waals surface area contributed by atoms with E-state index in [-0.39, 0.29) is 6.61 Å². The highest BCUT2D eigenvalue weighted by molar-refractivity contribution is 5.51. The molecule has 0 saturated carbocycles. The average Bonchev–Trinajstić information content (AvgIpc) is 2.24. The van der Waals surface area contributed by atoms with Crippen LogP contribution in [-0.2, 0) is 0 Å². The summed E-state index contributed by atoms with van der Waals surface area (Å²) in [5.74, 6) is 0.783. The summed E-state index contributed by atoms with van der Waals surface area (Å²) < 4.78 is 5.28. The zero-order valence-corrected chi connectivity index (χ0v) is 8.15. The van der Waals surface area contributed by atoms with Crippen LogP contribution in [0.4, 0.5) is 0 Å². The molecular weight excluding hydrogens is 176 g/mol. The maximum atomic E-state index is 8.59. The number of aliphatic hydroxyl groups excluding tert-OH is 1. The lowest BCUT2D eigenvalue weighted by molar-refractivity contribution is 0.201. The van der Waals surface area contributed by atoms with E-state index in [0.29, 0.717) is 6.61 Å². The van der Waals surface area contributed by atoms with E-state index in [2.05, 4.69) is 6.92 Å². The largest absolute Gasteiger partial charge is 0.491 e. The first kappa shape index (κ1) is 10.8. The fourth-order valence-corrected chi connectivity index (χ4v) is 1.09. The van der Waals surface area contributed by atoms with E-state index in [1.165, 1.54) is 0 Å². The summed E-state index contributed by atoms with van der Waals surface area (Å²) in [5, 5.41) is 8.59. The van der Waals surface area contributed by atoms with Crippen LogP contribution in [0, 0.1) is 6.92 Å². The van der Waals surface area contributed by atoms with Crippen LogP contribution < -0.4 is 4.74 Å². The lowest BCUT2D eigenvalue weighted by Crippen LogP contribution is -2.01. The van der Waals surface area contributed by atoms with Gasteiger partial charge in [0.05, 0.1) is 6.61 Å². The molecule has 0 atom stereocenters. The lowest BCUT2D eigenvalue weighted by Gasteiger charge is -2.04. The molecule has 2 heteroatoms. The summed E-state index contributed by atoms with van der Waals surface area (Å²) in [6.07, 6.45) is 4.77. The molecule has 0 amide bonds. The standard InChI is InChI=1S/C12H15O2/c1-2-3-5-11-6-4-7-12(10-11)14-9-8-13/h3-7,10,13H,1-2,8-9H2. The van der Waals surface area contributed by atoms with Crippen LogP contribution in [0.25, 0.3) is 6.08 Å². The Morgan fingerprint density at radius 2 is 2.29 bits per heavy atom. The number of rotatable bonds is 5. The van der Waals surface area contributed by atoms with Gasteiger partial charge < -0.3 is 9.84 Å². The van der Waals surface area contributed by atoms with E-state index in [4.69, 9.17) is 9.84 Å². The van der Waals surface area contributed by atoms with Crippen molar-refractivity contribution in [3.8, 4) is 5.75 Å². The highest BCUT2D eigenvalue weighted by Crippen LogP contribution is 2.14. The minimum Gasteiger partial charge on any atom is -0.491 e. The molecule has 0 aliphatic rings. The molecule has 0 fully saturated rings. The number of allylic oxidation sites excluding steroid dienone is 1. The molecule has 2 nitrogen and oxygen atoms in total. The Bertz CT molecular complexity index is 292. The maximum Gasteiger partial charge on any atom is 0.120 e. The first-order chi connectivity index (χ1) is 6.86. The molecule has 0 heterocycles. The number of benzene rings is 1. The first-order valence-corrected chi connectivity index (χ1v) is 4.66. The molecule has 0 aromatic heterocycles. The summed E-state index contributed by atoms with van der Waals surface area (Å²) >= 11 is 0. The Morgan fingerprint density at radius 3 is 3.00 bits per heavy atom. The molecule has 0 saturated heterocycles. The highest BCUT2D eigenvalue weighted by Gasteiger charge is 1.93. The van der Waals surface area contributed by atoms with Gasteiger partial charge in [-0.05, 0) is 31.0 Å². The van der Waals surface area contributed by atoms with Crippen molar-refractivity contribution in [2.24, 2.45) is 0 Å². The van der Waals surface area contributed by atoms with Crippen LogP contribution in [0.3, 0.4) is 0 Å². The molecule has 1 radical (unpaired) electrons. The van der Waals surface area contributed by atoms with Crippen molar-refractivity contribution >= 4 is 6.08 Å². The number of hydrogen-bond donors (Lipinski definition) is 1. The van der Waals surface area contributed by atoms with Gasteiger partial charge in [0.2, 0.25) is 0 Å². The molecule has 1 rings (SSSR count). The van der Waals surface area contributed by atoms with Gasteiger partial charge in [-0.15, -0.1) is 0 Å². The fourth-order valence-electron chi connectivity index (χ4n) is 1.09. The highest BCUT2D eigenvalue weighted by atomic mass is 16.5. The summed E-state index contributed by atoms with van der Waals surface area (Å²) in [5.41, 5.74) is 1.09. The molecule has 1 N–H and O–H groups in total. The zero-order valence-electron chi connectivity index (χ0n) is 8.15. The van der Waals surface area contributed by atoms with Gasteiger partial charge in [-0.1, -0.05) is 24.3 Å². The Labute approximate surface area is 84.8 Å². The van der Waals surface area contributed by atoms with Crippen molar-refractivity contribution in [2.45, 2.75) is 6.42 Å². The number of hydrogen-bond acceptors (Lipinski definition) is 2. The van der Waals surface area contributed by atoms with Crippen molar-refractivity contribution in [3.63, 3.8) is 0 Å². The number of aliphatic hydroxyl groups is 1. The normalized spacial score (nSPS) is 10.7. The van der Waals surface area contributed by atoms with Crippen LogP contribution in [-0.4, -0.2) is 18.3 Å². The van der Waals surface area contributed by atoms with Gasteiger partial charge >= 0.3 is 0 Å². The third-order valence-corrected chi connectivity index (χ3v) is 1.70. The molecule has 0 aliphatic heterocycles. The Morgan fingerprint density at radius 1 is 1.43 bits per heavy atom. The summed E-state index contributed by atoms with van der Waals surface area (Å²) in [6.45, 7) is 4.10. The van der Waals surface area contributed by atoms with Crippen LogP contribution >= 0.6 is 0 Å². The average molecular weight is 191 g/mol. The molecule has 0 aliphatic carbocycles. The SMILES string of the molecule is [CH2]CC=Cc1cccc(OCCO)c1. The second-order valence-corrected chi connectivity index (χ2v) is 2.84. The summed E-state index contributed by atoms with van der Waals surface area (Å²) in [7, 11) is 0. The second kappa shape index (κ2) is 6.22. The van der Waals surface area contributed by atoms with E-state index in [1.807, 2.05) is 36.4 Å². The topological polar surface area (TPSA) is 29.5 Å². The zero-order chi connectivity index (χ0) is 10.2. The predicted molar refractivity (Wildman–Crippen MR) is 58.0 cm³/mol. The van der Waals surface area contributed by atoms with Crippen LogP contribution in [0.1, 0.15) is 12.0 Å². The summed E-state index contributed by atoms with van der Waals surface area (Å²) in [6, 6.07) is 7.73. The molecule has 1 aromatic rings. The third kappa shape index (κ3) is 3.62. The molecule has 0 spiro atoms. The molecule has 0 unspecified atom stereocenters. The second-order valence-electron chi connectivity index (χ2n) is 2.84. The van der Waals surface area contributed by atoms with Gasteiger partial charge in [-0.25, -0.2) is 0 Å². The molecule has 0 bridgehead atoms. The van der Waals surface area contributed by atoms with Crippen LogP contribution in [0.5, 0.6) is 5.75 Å². The lowest BCUT2D eigenvalue weighted by atomic mass is 10.2. The fraction of sp³-hybridized carbons (Fsp3) is 0.250. The molecule has 1 aromatic carbocycles. The smallest absolute Gasteiger partial charge is 0.120 e. The summed E-state index contributed by atoms with van der Waals surface area (Å²) in [4.78, 5) is 0. The predicted octanol–water partition coefficient (Wildman–Crippen LogP) is 2.30. The molecule has 75 valence electrons. The van der Waals surface area contributed by atoms with E-state index >= 15 is 0 Å². The van der Waals surface area contributed by atoms with E-state index in [0.717, 1.165) is 17.7 Å². The van der Waals surface area contributed by atoms with Crippen molar-refractivity contribution in [1.82, 2.24) is 0 Å². The third-order valence-electron chi connectivity index (χ3n) is 1.70. The van der Waals surface area contributed by atoms with Crippen LogP contribution in [0.15, 0.2) is 30.3 Å². The molecule has 14 heavy (non-hydrogen) atoms.